The largest absolute Gasteiger partial charge is 0.497 e. The molecule has 0 aliphatic rings. The van der Waals surface area contributed by atoms with Crippen molar-refractivity contribution in [2.45, 2.75) is 6.92 Å². The molecular weight excluding hydrogens is 410 g/mol. The molecule has 4 nitrogen and oxygen atoms in total. The first-order valence-electron chi connectivity index (χ1n) is 8.05. The summed E-state index contributed by atoms with van der Waals surface area (Å²) in [5, 5.41) is 6.58. The Hall–Kier alpha value is -2.44. The summed E-state index contributed by atoms with van der Waals surface area (Å²) >= 11 is 5.20. The number of ether oxygens (including phenoxy) is 1. The van der Waals surface area contributed by atoms with Crippen molar-refractivity contribution in [3.8, 4) is 16.9 Å². The molecule has 4 rings (SSSR count). The van der Waals surface area contributed by atoms with Crippen LogP contribution >= 0.6 is 27.3 Å². The minimum absolute atomic E-state index is 0.804. The molecule has 0 amide bonds. The molecule has 0 atom stereocenters. The predicted octanol–water partition coefficient (Wildman–Crippen LogP) is 6.18. The number of rotatable bonds is 4. The highest BCUT2D eigenvalue weighted by Gasteiger charge is 2.13. The van der Waals surface area contributed by atoms with Crippen molar-refractivity contribution in [2.75, 3.05) is 12.4 Å². The number of methoxy groups -OCH3 is 1. The fraction of sp³-hybridized carbons (Fsp3) is 0.100. The first-order valence-corrected chi connectivity index (χ1v) is 9.73. The number of benzene rings is 2. The van der Waals surface area contributed by atoms with Crippen LogP contribution in [0, 0.1) is 6.92 Å². The minimum Gasteiger partial charge on any atom is -0.497 e. The number of fused-ring (bicyclic) bond motifs is 1. The lowest BCUT2D eigenvalue weighted by atomic mass is 10.1. The summed E-state index contributed by atoms with van der Waals surface area (Å²) in [4.78, 5) is 9.88. The summed E-state index contributed by atoms with van der Waals surface area (Å²) in [6, 6.07) is 14.2. The Kier molecular flexibility index (Phi) is 4.61. The summed E-state index contributed by atoms with van der Waals surface area (Å²) in [6.07, 6.45) is 1.60. The van der Waals surface area contributed by atoms with Crippen molar-refractivity contribution < 1.29 is 4.74 Å². The molecule has 4 aromatic rings. The van der Waals surface area contributed by atoms with Crippen LogP contribution < -0.4 is 10.1 Å². The van der Waals surface area contributed by atoms with Gasteiger partial charge in [0.2, 0.25) is 0 Å². The Morgan fingerprint density at radius 2 is 1.88 bits per heavy atom. The quantitative estimate of drug-likeness (QED) is 0.423. The van der Waals surface area contributed by atoms with E-state index in [1.54, 1.807) is 24.8 Å². The monoisotopic (exact) mass is 425 g/mol. The third-order valence-corrected chi connectivity index (χ3v) is 5.95. The first-order chi connectivity index (χ1) is 12.7. The van der Waals surface area contributed by atoms with Gasteiger partial charge in [0, 0.05) is 21.1 Å². The number of hydrogen-bond acceptors (Lipinski definition) is 5. The van der Waals surface area contributed by atoms with Crippen LogP contribution in [0.3, 0.4) is 0 Å². The van der Waals surface area contributed by atoms with Gasteiger partial charge in [-0.25, -0.2) is 9.97 Å². The van der Waals surface area contributed by atoms with Crippen LogP contribution in [0.4, 0.5) is 11.5 Å². The first kappa shape index (κ1) is 17.0. The second kappa shape index (κ2) is 7.05. The van der Waals surface area contributed by atoms with Crippen LogP contribution in [0.25, 0.3) is 21.3 Å². The molecular formula is C20H16BrN3OS. The van der Waals surface area contributed by atoms with E-state index in [-0.39, 0.29) is 0 Å². The van der Waals surface area contributed by atoms with E-state index < -0.39 is 0 Å². The van der Waals surface area contributed by atoms with E-state index in [4.69, 9.17) is 4.74 Å². The van der Waals surface area contributed by atoms with Crippen LogP contribution in [0.15, 0.2) is 58.6 Å². The average Bonchev–Trinajstić information content (AvgIpc) is 3.10. The maximum Gasteiger partial charge on any atom is 0.143 e. The number of nitrogens with zero attached hydrogens (tertiary/aromatic N) is 2. The summed E-state index contributed by atoms with van der Waals surface area (Å²) in [6.45, 7) is 2.07. The number of thiophene rings is 1. The number of halogens is 1. The highest BCUT2D eigenvalue weighted by Crippen LogP contribution is 2.38. The molecule has 1 N–H and O–H groups in total. The Bertz CT molecular complexity index is 1080. The SMILES string of the molecule is COc1ccc(-c2csc3ncnc(Nc4ccc(C)c(Br)c4)c23)cc1. The maximum absolute atomic E-state index is 5.26. The molecule has 0 radical (unpaired) electrons. The van der Waals surface area contributed by atoms with Gasteiger partial charge in [-0.1, -0.05) is 34.1 Å². The molecule has 0 aliphatic carbocycles. The number of aromatic nitrogens is 2. The highest BCUT2D eigenvalue weighted by molar-refractivity contribution is 9.10. The summed E-state index contributed by atoms with van der Waals surface area (Å²) in [5.41, 5.74) is 4.40. The van der Waals surface area contributed by atoms with E-state index in [1.165, 1.54) is 5.56 Å². The number of aryl methyl sites for hydroxylation is 1. The molecule has 0 bridgehead atoms. The summed E-state index contributed by atoms with van der Waals surface area (Å²) < 4.78 is 6.32. The minimum atomic E-state index is 0.804. The molecule has 0 saturated carbocycles. The Morgan fingerprint density at radius 1 is 1.08 bits per heavy atom. The van der Waals surface area contributed by atoms with Gasteiger partial charge >= 0.3 is 0 Å². The van der Waals surface area contributed by atoms with Gasteiger partial charge in [0.15, 0.2) is 0 Å². The smallest absolute Gasteiger partial charge is 0.143 e. The number of hydrogen-bond donors (Lipinski definition) is 1. The molecule has 6 heteroatoms. The lowest BCUT2D eigenvalue weighted by Crippen LogP contribution is -1.96. The number of nitrogens with one attached hydrogen (secondary N) is 1. The molecule has 0 fully saturated rings. The van der Waals surface area contributed by atoms with Gasteiger partial charge in [0.25, 0.3) is 0 Å². The van der Waals surface area contributed by atoms with Crippen LogP contribution in [-0.4, -0.2) is 17.1 Å². The van der Waals surface area contributed by atoms with Crippen molar-refractivity contribution in [3.63, 3.8) is 0 Å². The van der Waals surface area contributed by atoms with E-state index in [0.29, 0.717) is 0 Å². The predicted molar refractivity (Wildman–Crippen MR) is 112 cm³/mol. The van der Waals surface area contributed by atoms with E-state index in [1.807, 2.05) is 18.2 Å². The summed E-state index contributed by atoms with van der Waals surface area (Å²) in [7, 11) is 1.67. The zero-order valence-corrected chi connectivity index (χ0v) is 16.7. The maximum atomic E-state index is 5.26. The average molecular weight is 426 g/mol. The van der Waals surface area contributed by atoms with Crippen molar-refractivity contribution in [1.82, 2.24) is 9.97 Å². The Labute approximate surface area is 164 Å². The molecule has 2 aromatic heterocycles. The van der Waals surface area contributed by atoms with Gasteiger partial charge in [-0.15, -0.1) is 11.3 Å². The van der Waals surface area contributed by atoms with Gasteiger partial charge in [-0.05, 0) is 42.3 Å². The molecule has 0 aliphatic heterocycles. The number of anilines is 2. The van der Waals surface area contributed by atoms with Gasteiger partial charge in [0.1, 0.15) is 22.7 Å². The third-order valence-electron chi connectivity index (χ3n) is 4.21. The molecule has 130 valence electrons. The second-order valence-electron chi connectivity index (χ2n) is 5.87. The Balaban J connectivity index is 1.79. The fourth-order valence-electron chi connectivity index (χ4n) is 2.76. The normalized spacial score (nSPS) is 10.9. The van der Waals surface area contributed by atoms with Crippen molar-refractivity contribution in [1.29, 1.82) is 0 Å². The van der Waals surface area contributed by atoms with Gasteiger partial charge in [0.05, 0.1) is 12.5 Å². The van der Waals surface area contributed by atoms with E-state index >= 15 is 0 Å². The van der Waals surface area contributed by atoms with Crippen LogP contribution in [0.2, 0.25) is 0 Å². The van der Waals surface area contributed by atoms with E-state index in [2.05, 4.69) is 67.8 Å². The van der Waals surface area contributed by atoms with Gasteiger partial charge in [-0.2, -0.15) is 0 Å². The third kappa shape index (κ3) is 3.18. The second-order valence-corrected chi connectivity index (χ2v) is 7.58. The lowest BCUT2D eigenvalue weighted by molar-refractivity contribution is 0.415. The summed E-state index contributed by atoms with van der Waals surface area (Å²) in [5.74, 6) is 1.64. The highest BCUT2D eigenvalue weighted by atomic mass is 79.9. The van der Waals surface area contributed by atoms with Crippen LogP contribution in [0.5, 0.6) is 5.75 Å². The van der Waals surface area contributed by atoms with Crippen LogP contribution in [0.1, 0.15) is 5.56 Å². The van der Waals surface area contributed by atoms with E-state index in [0.717, 1.165) is 43.1 Å². The van der Waals surface area contributed by atoms with Gasteiger partial charge in [-0.3, -0.25) is 0 Å². The van der Waals surface area contributed by atoms with Crippen molar-refractivity contribution >= 4 is 49.0 Å². The standard InChI is InChI=1S/C20H16BrN3OS/c1-12-3-6-14(9-17(12)21)24-19-18-16(10-26-20(18)23-11-22-19)13-4-7-15(25-2)8-5-13/h3-11H,1-2H3,(H,22,23,24). The Morgan fingerprint density at radius 3 is 2.62 bits per heavy atom. The topological polar surface area (TPSA) is 47.0 Å². The van der Waals surface area contributed by atoms with Gasteiger partial charge < -0.3 is 10.1 Å². The van der Waals surface area contributed by atoms with E-state index in [9.17, 15) is 0 Å². The van der Waals surface area contributed by atoms with Crippen LogP contribution in [-0.2, 0) is 0 Å². The molecule has 2 heterocycles. The van der Waals surface area contributed by atoms with Crippen molar-refractivity contribution in [3.05, 3.63) is 64.2 Å². The lowest BCUT2D eigenvalue weighted by Gasteiger charge is -2.10. The van der Waals surface area contributed by atoms with Crippen molar-refractivity contribution in [2.24, 2.45) is 0 Å². The zero-order valence-electron chi connectivity index (χ0n) is 14.3. The molecule has 26 heavy (non-hydrogen) atoms. The zero-order chi connectivity index (χ0) is 18.1. The fourth-order valence-corrected chi connectivity index (χ4v) is 4.05. The molecule has 2 aromatic carbocycles. The molecule has 0 spiro atoms. The molecule has 0 unspecified atom stereocenters. The molecule has 0 saturated heterocycles.